The number of nitrogens with one attached hydrogen (secondary N) is 2. The van der Waals surface area contributed by atoms with Gasteiger partial charge in [0.1, 0.15) is 11.6 Å². The van der Waals surface area contributed by atoms with Gasteiger partial charge in [-0.25, -0.2) is 9.97 Å². The summed E-state index contributed by atoms with van der Waals surface area (Å²) in [7, 11) is 0. The summed E-state index contributed by atoms with van der Waals surface area (Å²) in [5.74, 6) is 1.25. The van der Waals surface area contributed by atoms with Crippen LogP contribution < -0.4 is 5.56 Å². The van der Waals surface area contributed by atoms with Crippen LogP contribution in [0.2, 0.25) is 0 Å². The summed E-state index contributed by atoms with van der Waals surface area (Å²) in [6.45, 7) is 2.12. The molecule has 2 aromatic heterocycles. The van der Waals surface area contributed by atoms with Crippen molar-refractivity contribution in [2.75, 3.05) is 0 Å². The van der Waals surface area contributed by atoms with Gasteiger partial charge < -0.3 is 0 Å². The summed E-state index contributed by atoms with van der Waals surface area (Å²) in [4.78, 5) is 21.2. The average Bonchev–Trinajstić information content (AvgIpc) is 2.82. The van der Waals surface area contributed by atoms with Crippen LogP contribution in [0.4, 0.5) is 0 Å². The molecule has 3 aromatic rings. The van der Waals surface area contributed by atoms with E-state index in [4.69, 9.17) is 12.2 Å². The third-order valence-electron chi connectivity index (χ3n) is 2.98. The first-order valence-electron chi connectivity index (χ1n) is 5.85. The van der Waals surface area contributed by atoms with E-state index >= 15 is 0 Å². The van der Waals surface area contributed by atoms with Crippen LogP contribution >= 0.6 is 34.8 Å². The van der Waals surface area contributed by atoms with Gasteiger partial charge in [-0.15, -0.1) is 0 Å². The third-order valence-corrected chi connectivity index (χ3v) is 4.05. The molecule has 0 fully saturated rings. The number of rotatable bonds is 2. The van der Waals surface area contributed by atoms with Gasteiger partial charge in [0.25, 0.3) is 5.56 Å². The topological polar surface area (TPSA) is 79.4 Å². The lowest BCUT2D eigenvalue weighted by Gasteiger charge is -2.09. The van der Waals surface area contributed by atoms with E-state index < -0.39 is 0 Å². The second-order valence-electron chi connectivity index (χ2n) is 4.30. The zero-order valence-electron chi connectivity index (χ0n) is 10.5. The molecule has 0 bridgehead atoms. The fourth-order valence-electron chi connectivity index (χ4n) is 2.03. The molecule has 0 aliphatic heterocycles. The number of nitrogens with zero attached hydrogens (tertiary/aromatic N) is 3. The van der Waals surface area contributed by atoms with Crippen LogP contribution in [0, 0.1) is 15.3 Å². The van der Waals surface area contributed by atoms with Crippen molar-refractivity contribution < 1.29 is 0 Å². The molecular weight excluding hydrogens is 389 g/mol. The van der Waals surface area contributed by atoms with Gasteiger partial charge in [-0.1, -0.05) is 6.07 Å². The summed E-state index contributed by atoms with van der Waals surface area (Å²) in [5.41, 5.74) is 0.662. The van der Waals surface area contributed by atoms with Gasteiger partial charge in [0.2, 0.25) is 4.77 Å². The van der Waals surface area contributed by atoms with Gasteiger partial charge in [-0.3, -0.25) is 19.6 Å². The van der Waals surface area contributed by atoms with Crippen LogP contribution in [-0.2, 0) is 6.54 Å². The van der Waals surface area contributed by atoms with Crippen molar-refractivity contribution in [3.05, 3.63) is 48.5 Å². The summed E-state index contributed by atoms with van der Waals surface area (Å²) in [6.07, 6.45) is 0. The highest BCUT2D eigenvalue weighted by atomic mass is 127. The highest BCUT2D eigenvalue weighted by Crippen LogP contribution is 2.16. The molecule has 3 rings (SSSR count). The molecule has 0 saturated carbocycles. The summed E-state index contributed by atoms with van der Waals surface area (Å²) in [5, 5.41) is 6.16. The Morgan fingerprint density at radius 2 is 2.15 bits per heavy atom. The lowest BCUT2D eigenvalue weighted by atomic mass is 10.2. The van der Waals surface area contributed by atoms with Crippen LogP contribution in [0.5, 0.6) is 0 Å². The number of aryl methyl sites for hydroxylation is 1. The van der Waals surface area contributed by atoms with E-state index in [0.29, 0.717) is 28.4 Å². The third kappa shape index (κ3) is 2.29. The molecule has 0 aliphatic carbocycles. The molecule has 0 unspecified atom stereocenters. The van der Waals surface area contributed by atoms with Crippen LogP contribution in [0.3, 0.4) is 0 Å². The predicted molar refractivity (Wildman–Crippen MR) is 86.3 cm³/mol. The highest BCUT2D eigenvalue weighted by Gasteiger charge is 2.11. The van der Waals surface area contributed by atoms with Crippen molar-refractivity contribution in [1.82, 2.24) is 24.7 Å². The van der Waals surface area contributed by atoms with Gasteiger partial charge in [0.05, 0.1) is 17.4 Å². The van der Waals surface area contributed by atoms with Crippen molar-refractivity contribution in [2.24, 2.45) is 0 Å². The normalized spacial score (nSPS) is 11.1. The van der Waals surface area contributed by atoms with Crippen molar-refractivity contribution in [1.29, 1.82) is 0 Å². The predicted octanol–water partition coefficient (Wildman–Crippen LogP) is 2.14. The zero-order chi connectivity index (χ0) is 14.3. The fraction of sp³-hybridized carbons (Fsp3) is 0.167. The minimum absolute atomic E-state index is 0.0756. The number of aromatic nitrogens is 5. The Morgan fingerprint density at radius 1 is 1.35 bits per heavy atom. The quantitative estimate of drug-likeness (QED) is 0.511. The molecule has 0 saturated heterocycles. The van der Waals surface area contributed by atoms with Gasteiger partial charge in [0.15, 0.2) is 0 Å². The van der Waals surface area contributed by atoms with E-state index in [1.807, 2.05) is 19.1 Å². The Balaban J connectivity index is 2.21. The summed E-state index contributed by atoms with van der Waals surface area (Å²) < 4.78 is 2.92. The number of aromatic amines is 2. The van der Waals surface area contributed by atoms with Crippen LogP contribution in [-0.4, -0.2) is 24.7 Å². The minimum Gasteiger partial charge on any atom is -0.289 e. The average molecular weight is 399 g/mol. The van der Waals surface area contributed by atoms with Crippen molar-refractivity contribution in [2.45, 2.75) is 13.5 Å². The molecule has 6 nitrogen and oxygen atoms in total. The number of para-hydroxylation sites is 1. The summed E-state index contributed by atoms with van der Waals surface area (Å²) in [6, 6.07) is 5.58. The van der Waals surface area contributed by atoms with E-state index in [1.54, 1.807) is 10.6 Å². The number of hydrogen-bond donors (Lipinski definition) is 2. The Hall–Kier alpha value is -1.55. The monoisotopic (exact) mass is 399 g/mol. The van der Waals surface area contributed by atoms with E-state index in [9.17, 15) is 4.79 Å². The Labute approximate surface area is 132 Å². The maximum atomic E-state index is 12.6. The van der Waals surface area contributed by atoms with E-state index in [2.05, 4.69) is 42.8 Å². The molecule has 20 heavy (non-hydrogen) atoms. The van der Waals surface area contributed by atoms with Crippen LogP contribution in [0.1, 0.15) is 11.6 Å². The molecule has 0 radical (unpaired) electrons. The fourth-order valence-corrected chi connectivity index (χ4v) is 2.81. The Bertz CT molecular complexity index is 910. The van der Waals surface area contributed by atoms with Crippen molar-refractivity contribution in [3.63, 3.8) is 0 Å². The van der Waals surface area contributed by atoms with Gasteiger partial charge >= 0.3 is 0 Å². The second-order valence-corrected chi connectivity index (χ2v) is 5.85. The molecule has 2 heterocycles. The molecular formula is C12H10IN5OS. The van der Waals surface area contributed by atoms with E-state index in [0.717, 1.165) is 9.09 Å². The number of halogens is 1. The largest absolute Gasteiger partial charge is 0.289 e. The molecule has 8 heteroatoms. The first-order valence-corrected chi connectivity index (χ1v) is 7.34. The maximum Gasteiger partial charge on any atom is 0.261 e. The van der Waals surface area contributed by atoms with Crippen LogP contribution in [0.25, 0.3) is 10.9 Å². The standard InChI is InChI=1S/C12H10IN5OS/c1-6-14-10-7(3-2-4-8(10)13)11(19)18(6)5-9-15-12(20)17-16-9/h2-4H,5H2,1H3,(H2,15,16,17,20). The second kappa shape index (κ2) is 5.09. The molecule has 1 aromatic carbocycles. The lowest BCUT2D eigenvalue weighted by Crippen LogP contribution is -2.25. The number of H-pyrrole nitrogens is 2. The number of benzene rings is 1. The SMILES string of the molecule is Cc1nc2c(I)cccc2c(=O)n1Cc1nc(=S)[nH][nH]1. The van der Waals surface area contributed by atoms with Crippen molar-refractivity contribution in [3.8, 4) is 0 Å². The number of fused-ring (bicyclic) bond motifs is 1. The molecule has 0 amide bonds. The van der Waals surface area contributed by atoms with Gasteiger partial charge in [-0.2, -0.15) is 0 Å². The smallest absolute Gasteiger partial charge is 0.261 e. The van der Waals surface area contributed by atoms with E-state index in [1.165, 1.54) is 0 Å². The first kappa shape index (κ1) is 13.4. The maximum absolute atomic E-state index is 12.6. The Kier molecular flexibility index (Phi) is 3.42. The lowest BCUT2D eigenvalue weighted by molar-refractivity contribution is 0.681. The molecule has 0 spiro atoms. The minimum atomic E-state index is -0.0756. The highest BCUT2D eigenvalue weighted by molar-refractivity contribution is 14.1. The first-order chi connectivity index (χ1) is 9.56. The van der Waals surface area contributed by atoms with Crippen LogP contribution in [0.15, 0.2) is 23.0 Å². The summed E-state index contributed by atoms with van der Waals surface area (Å²) >= 11 is 7.09. The van der Waals surface area contributed by atoms with Gasteiger partial charge in [-0.05, 0) is 53.9 Å². The Morgan fingerprint density at radius 3 is 2.85 bits per heavy atom. The molecule has 0 aliphatic rings. The molecule has 2 N–H and O–H groups in total. The van der Waals surface area contributed by atoms with Gasteiger partial charge in [0, 0.05) is 3.57 Å². The number of hydrogen-bond acceptors (Lipinski definition) is 4. The van der Waals surface area contributed by atoms with E-state index in [-0.39, 0.29) is 5.56 Å². The molecule has 102 valence electrons. The molecule has 0 atom stereocenters. The van der Waals surface area contributed by atoms with Crippen molar-refractivity contribution >= 4 is 45.7 Å². The zero-order valence-corrected chi connectivity index (χ0v) is 13.4.